The third-order valence-corrected chi connectivity index (χ3v) is 4.70. The van der Waals surface area contributed by atoms with Crippen LogP contribution in [0.25, 0.3) is 0 Å². The molecule has 1 aromatic carbocycles. The fraction of sp³-hybridized carbons (Fsp3) is 0.588. The smallest absolute Gasteiger partial charge is 0.315 e. The van der Waals surface area contributed by atoms with Gasteiger partial charge in [-0.15, -0.1) is 0 Å². The molecular weight excluding hydrogens is 282 g/mol. The molecule has 5 heteroatoms. The number of methoxy groups -OCH3 is 1. The van der Waals surface area contributed by atoms with E-state index >= 15 is 0 Å². The summed E-state index contributed by atoms with van der Waals surface area (Å²) in [5, 5.41) is 0. The molecule has 0 spiro atoms. The fourth-order valence-corrected chi connectivity index (χ4v) is 3.46. The van der Waals surface area contributed by atoms with Crippen LogP contribution in [-0.4, -0.2) is 57.4 Å². The minimum atomic E-state index is -0.464. The molecule has 0 saturated carbocycles. The van der Waals surface area contributed by atoms with Crippen molar-refractivity contribution in [3.8, 4) is 0 Å². The first-order valence-electron chi connectivity index (χ1n) is 7.75. The SMILES string of the molecule is COC(=O)[C@@]12COC[C@@H]1CN(CCOCc1ccccc1)C2. The molecule has 0 aliphatic carbocycles. The van der Waals surface area contributed by atoms with E-state index in [-0.39, 0.29) is 11.9 Å². The molecular formula is C17H23NO4. The lowest BCUT2D eigenvalue weighted by atomic mass is 9.81. The van der Waals surface area contributed by atoms with Gasteiger partial charge in [-0.1, -0.05) is 30.3 Å². The lowest BCUT2D eigenvalue weighted by Gasteiger charge is -2.23. The Morgan fingerprint density at radius 2 is 2.23 bits per heavy atom. The number of fused-ring (bicyclic) bond motifs is 1. The number of likely N-dealkylation sites (tertiary alicyclic amines) is 1. The van der Waals surface area contributed by atoms with Crippen molar-refractivity contribution in [3.63, 3.8) is 0 Å². The van der Waals surface area contributed by atoms with E-state index in [1.165, 1.54) is 12.7 Å². The Kier molecular flexibility index (Phi) is 4.76. The maximum atomic E-state index is 12.1. The molecule has 0 amide bonds. The van der Waals surface area contributed by atoms with E-state index in [4.69, 9.17) is 14.2 Å². The van der Waals surface area contributed by atoms with Crippen molar-refractivity contribution in [2.75, 3.05) is 46.6 Å². The Hall–Kier alpha value is -1.43. The van der Waals surface area contributed by atoms with Crippen LogP contribution in [-0.2, 0) is 25.6 Å². The van der Waals surface area contributed by atoms with Gasteiger partial charge in [0.15, 0.2) is 0 Å². The second-order valence-electron chi connectivity index (χ2n) is 6.13. The Balaban J connectivity index is 1.46. The maximum absolute atomic E-state index is 12.1. The van der Waals surface area contributed by atoms with Gasteiger partial charge in [0.2, 0.25) is 0 Å². The largest absolute Gasteiger partial charge is 0.468 e. The van der Waals surface area contributed by atoms with Gasteiger partial charge in [0.05, 0.1) is 33.5 Å². The average Bonchev–Trinajstić information content (AvgIpc) is 3.09. The van der Waals surface area contributed by atoms with Crippen LogP contribution >= 0.6 is 0 Å². The van der Waals surface area contributed by atoms with Crippen LogP contribution in [0.3, 0.4) is 0 Å². The van der Waals surface area contributed by atoms with Crippen LogP contribution in [0.4, 0.5) is 0 Å². The maximum Gasteiger partial charge on any atom is 0.315 e. The van der Waals surface area contributed by atoms with Gasteiger partial charge in [-0.3, -0.25) is 9.69 Å². The van der Waals surface area contributed by atoms with Gasteiger partial charge in [0, 0.05) is 25.6 Å². The summed E-state index contributed by atoms with van der Waals surface area (Å²) >= 11 is 0. The summed E-state index contributed by atoms with van der Waals surface area (Å²) in [5.74, 6) is 0.108. The molecule has 0 bridgehead atoms. The Labute approximate surface area is 131 Å². The summed E-state index contributed by atoms with van der Waals surface area (Å²) in [7, 11) is 1.46. The van der Waals surface area contributed by atoms with Crippen LogP contribution < -0.4 is 0 Å². The summed E-state index contributed by atoms with van der Waals surface area (Å²) in [6.45, 7) is 4.84. The lowest BCUT2D eigenvalue weighted by molar-refractivity contribution is -0.153. The molecule has 0 unspecified atom stereocenters. The highest BCUT2D eigenvalue weighted by atomic mass is 16.5. The zero-order chi connectivity index (χ0) is 15.4. The molecule has 0 N–H and O–H groups in total. The summed E-state index contributed by atoms with van der Waals surface area (Å²) < 4.78 is 16.2. The normalized spacial score (nSPS) is 27.8. The van der Waals surface area contributed by atoms with E-state index in [9.17, 15) is 4.79 Å². The Morgan fingerprint density at radius 3 is 3.00 bits per heavy atom. The second-order valence-corrected chi connectivity index (χ2v) is 6.13. The fourth-order valence-electron chi connectivity index (χ4n) is 3.46. The first kappa shape index (κ1) is 15.5. The first-order valence-corrected chi connectivity index (χ1v) is 7.75. The highest BCUT2D eigenvalue weighted by Gasteiger charge is 2.56. The minimum absolute atomic E-state index is 0.136. The van der Waals surface area contributed by atoms with Gasteiger partial charge in [-0.05, 0) is 5.56 Å². The van der Waals surface area contributed by atoms with Crippen LogP contribution in [0.5, 0.6) is 0 Å². The quantitative estimate of drug-likeness (QED) is 0.586. The first-order chi connectivity index (χ1) is 10.7. The molecule has 3 rings (SSSR count). The van der Waals surface area contributed by atoms with Gasteiger partial charge < -0.3 is 14.2 Å². The second kappa shape index (κ2) is 6.77. The zero-order valence-corrected chi connectivity index (χ0v) is 13.0. The molecule has 120 valence electrons. The summed E-state index contributed by atoms with van der Waals surface area (Å²) in [4.78, 5) is 14.4. The number of esters is 1. The Morgan fingerprint density at radius 1 is 1.41 bits per heavy atom. The molecule has 2 aliphatic heterocycles. The third kappa shape index (κ3) is 3.02. The van der Waals surface area contributed by atoms with Crippen LogP contribution in [0, 0.1) is 11.3 Å². The van der Waals surface area contributed by atoms with Crippen LogP contribution in [0.1, 0.15) is 5.56 Å². The number of hydrogen-bond acceptors (Lipinski definition) is 5. The predicted molar refractivity (Wildman–Crippen MR) is 81.3 cm³/mol. The van der Waals surface area contributed by atoms with Gasteiger partial charge in [0.25, 0.3) is 0 Å². The van der Waals surface area contributed by atoms with Crippen LogP contribution in [0.2, 0.25) is 0 Å². The molecule has 1 aromatic rings. The van der Waals surface area contributed by atoms with Crippen molar-refractivity contribution in [2.45, 2.75) is 6.61 Å². The highest BCUT2D eigenvalue weighted by Crippen LogP contribution is 2.42. The molecule has 5 nitrogen and oxygen atoms in total. The van der Waals surface area contributed by atoms with Crippen molar-refractivity contribution < 1.29 is 19.0 Å². The number of nitrogens with zero attached hydrogens (tertiary/aromatic N) is 1. The number of ether oxygens (including phenoxy) is 3. The van der Waals surface area contributed by atoms with Crippen molar-refractivity contribution >= 4 is 5.97 Å². The predicted octanol–water partition coefficient (Wildman–Crippen LogP) is 1.32. The summed E-state index contributed by atoms with van der Waals surface area (Å²) in [6, 6.07) is 10.1. The van der Waals surface area contributed by atoms with Crippen molar-refractivity contribution in [2.24, 2.45) is 11.3 Å². The van der Waals surface area contributed by atoms with E-state index in [0.29, 0.717) is 33.0 Å². The number of carbonyl (C=O) groups excluding carboxylic acids is 1. The molecule has 0 radical (unpaired) electrons. The number of carbonyl (C=O) groups is 1. The third-order valence-electron chi connectivity index (χ3n) is 4.70. The van der Waals surface area contributed by atoms with Crippen LogP contribution in [0.15, 0.2) is 30.3 Å². The van der Waals surface area contributed by atoms with Crippen molar-refractivity contribution in [1.29, 1.82) is 0 Å². The minimum Gasteiger partial charge on any atom is -0.468 e. The van der Waals surface area contributed by atoms with Gasteiger partial charge >= 0.3 is 5.97 Å². The molecule has 2 fully saturated rings. The standard InChI is InChI=1S/C17H23NO4/c1-20-16(19)17-12-18(9-15(17)11-22-13-17)7-8-21-10-14-5-3-2-4-6-14/h2-6,15H,7-13H2,1H3/t15-,17-/m0/s1. The van der Waals surface area contributed by atoms with E-state index in [1.54, 1.807) is 0 Å². The topological polar surface area (TPSA) is 48.0 Å². The van der Waals surface area contributed by atoms with Crippen molar-refractivity contribution in [3.05, 3.63) is 35.9 Å². The lowest BCUT2D eigenvalue weighted by Crippen LogP contribution is -2.40. The number of benzene rings is 1. The summed E-state index contributed by atoms with van der Waals surface area (Å²) in [5.41, 5.74) is 0.717. The van der Waals surface area contributed by atoms with Gasteiger partial charge in [0.1, 0.15) is 5.41 Å². The van der Waals surface area contributed by atoms with E-state index in [1.807, 2.05) is 18.2 Å². The zero-order valence-electron chi connectivity index (χ0n) is 13.0. The number of hydrogen-bond donors (Lipinski definition) is 0. The molecule has 2 heterocycles. The molecule has 2 aliphatic rings. The molecule has 0 aromatic heterocycles. The van der Waals surface area contributed by atoms with Gasteiger partial charge in [-0.2, -0.15) is 0 Å². The Bertz CT molecular complexity index is 507. The number of rotatable bonds is 6. The molecule has 2 saturated heterocycles. The highest BCUT2D eigenvalue weighted by molar-refractivity contribution is 5.78. The van der Waals surface area contributed by atoms with E-state index in [2.05, 4.69) is 17.0 Å². The van der Waals surface area contributed by atoms with E-state index in [0.717, 1.165) is 13.1 Å². The van der Waals surface area contributed by atoms with E-state index < -0.39 is 5.41 Å². The summed E-state index contributed by atoms with van der Waals surface area (Å²) in [6.07, 6.45) is 0. The van der Waals surface area contributed by atoms with Gasteiger partial charge in [-0.25, -0.2) is 0 Å². The monoisotopic (exact) mass is 305 g/mol. The average molecular weight is 305 g/mol. The molecule has 22 heavy (non-hydrogen) atoms. The van der Waals surface area contributed by atoms with Crippen molar-refractivity contribution in [1.82, 2.24) is 4.90 Å². The molecule has 2 atom stereocenters.